The van der Waals surface area contributed by atoms with E-state index in [9.17, 15) is 13.2 Å². The second kappa shape index (κ2) is 7.62. The van der Waals surface area contributed by atoms with E-state index in [2.05, 4.69) is 10.0 Å². The number of hydrogen-bond acceptors (Lipinski definition) is 4. The molecule has 108 valence electrons. The molecule has 0 fully saturated rings. The van der Waals surface area contributed by atoms with Gasteiger partial charge < -0.3 is 5.32 Å². The molecule has 1 amide bonds. The molecule has 0 atom stereocenters. The predicted octanol–water partition coefficient (Wildman–Crippen LogP) is 1.51. The van der Waals surface area contributed by atoms with Gasteiger partial charge in [-0.05, 0) is 25.0 Å². The third kappa shape index (κ3) is 5.30. The van der Waals surface area contributed by atoms with Crippen molar-refractivity contribution in [3.63, 3.8) is 0 Å². The minimum Gasteiger partial charge on any atom is -0.355 e. The molecule has 0 saturated carbocycles. The maximum absolute atomic E-state index is 11.9. The molecule has 5 nitrogen and oxygen atoms in total. The third-order valence-electron chi connectivity index (χ3n) is 2.53. The van der Waals surface area contributed by atoms with Crippen LogP contribution in [-0.4, -0.2) is 27.4 Å². The molecule has 0 aliphatic heterocycles. The van der Waals surface area contributed by atoms with Gasteiger partial charge in [0.1, 0.15) is 4.21 Å². The molecule has 0 aliphatic carbocycles. The van der Waals surface area contributed by atoms with Crippen LogP contribution < -0.4 is 10.0 Å². The summed E-state index contributed by atoms with van der Waals surface area (Å²) in [5, 5.41) is 2.66. The van der Waals surface area contributed by atoms with E-state index in [4.69, 9.17) is 0 Å². The van der Waals surface area contributed by atoms with Crippen molar-refractivity contribution in [1.29, 1.82) is 0 Å². The monoisotopic (exact) mass is 304 g/mol. The van der Waals surface area contributed by atoms with Crippen LogP contribution in [0.3, 0.4) is 0 Å². The second-order valence-electron chi connectivity index (χ2n) is 4.10. The average Bonchev–Trinajstić information content (AvgIpc) is 2.86. The Morgan fingerprint density at radius 2 is 2.05 bits per heavy atom. The van der Waals surface area contributed by atoms with E-state index in [-0.39, 0.29) is 16.7 Å². The Morgan fingerprint density at radius 3 is 2.63 bits per heavy atom. The number of aryl methyl sites for hydroxylation is 1. The molecule has 0 unspecified atom stereocenters. The molecule has 2 N–H and O–H groups in total. The van der Waals surface area contributed by atoms with E-state index >= 15 is 0 Å². The maximum atomic E-state index is 11.9. The average molecular weight is 304 g/mol. The summed E-state index contributed by atoms with van der Waals surface area (Å²) in [6.45, 7) is 4.36. The molecule has 19 heavy (non-hydrogen) atoms. The largest absolute Gasteiger partial charge is 0.355 e. The van der Waals surface area contributed by atoms with Gasteiger partial charge in [0.15, 0.2) is 0 Å². The number of carbonyl (C=O) groups excluding carboxylic acids is 1. The lowest BCUT2D eigenvalue weighted by molar-refractivity contribution is -0.119. The Morgan fingerprint density at radius 1 is 1.32 bits per heavy atom. The number of hydrogen-bond donors (Lipinski definition) is 2. The van der Waals surface area contributed by atoms with Crippen molar-refractivity contribution in [3.8, 4) is 0 Å². The first-order chi connectivity index (χ1) is 8.99. The smallest absolute Gasteiger partial charge is 0.250 e. The zero-order chi connectivity index (χ0) is 14.3. The standard InChI is InChI=1S/C12H20N2O3S2/c1-3-5-8-13-11(15)9-14-19(16,17)12-7-6-10(4-2)18-12/h6-7,14H,3-5,8-9H2,1-2H3,(H,13,15). The van der Waals surface area contributed by atoms with Crippen LogP contribution in [-0.2, 0) is 21.2 Å². The molecule has 0 saturated heterocycles. The van der Waals surface area contributed by atoms with Crippen LogP contribution >= 0.6 is 11.3 Å². The van der Waals surface area contributed by atoms with Gasteiger partial charge in [-0.3, -0.25) is 4.79 Å². The van der Waals surface area contributed by atoms with Gasteiger partial charge in [-0.15, -0.1) is 11.3 Å². The van der Waals surface area contributed by atoms with E-state index in [1.54, 1.807) is 12.1 Å². The fourth-order valence-corrected chi connectivity index (χ4v) is 3.71. The van der Waals surface area contributed by atoms with E-state index in [0.29, 0.717) is 6.54 Å². The van der Waals surface area contributed by atoms with Gasteiger partial charge in [0, 0.05) is 11.4 Å². The van der Waals surface area contributed by atoms with E-state index in [0.717, 1.165) is 24.1 Å². The zero-order valence-corrected chi connectivity index (χ0v) is 12.9. The maximum Gasteiger partial charge on any atom is 0.250 e. The van der Waals surface area contributed by atoms with Gasteiger partial charge in [-0.2, -0.15) is 0 Å². The summed E-state index contributed by atoms with van der Waals surface area (Å²) in [5.74, 6) is -0.302. The lowest BCUT2D eigenvalue weighted by Crippen LogP contribution is -2.37. The molecular weight excluding hydrogens is 284 g/mol. The van der Waals surface area contributed by atoms with Crippen LogP contribution in [0.5, 0.6) is 0 Å². The Hall–Kier alpha value is -0.920. The molecule has 0 radical (unpaired) electrons. The summed E-state index contributed by atoms with van der Waals surface area (Å²) in [7, 11) is -3.57. The topological polar surface area (TPSA) is 75.3 Å². The van der Waals surface area contributed by atoms with Crippen molar-refractivity contribution in [2.45, 2.75) is 37.3 Å². The van der Waals surface area contributed by atoms with Gasteiger partial charge >= 0.3 is 0 Å². The molecule has 1 heterocycles. The SMILES string of the molecule is CCCCNC(=O)CNS(=O)(=O)c1ccc(CC)s1. The van der Waals surface area contributed by atoms with Crippen molar-refractivity contribution < 1.29 is 13.2 Å². The number of thiophene rings is 1. The van der Waals surface area contributed by atoms with Crippen molar-refractivity contribution in [3.05, 3.63) is 17.0 Å². The van der Waals surface area contributed by atoms with Crippen molar-refractivity contribution >= 4 is 27.3 Å². The number of sulfonamides is 1. The predicted molar refractivity (Wildman–Crippen MR) is 76.8 cm³/mol. The first kappa shape index (κ1) is 16.1. The molecule has 0 spiro atoms. The Labute approximate surface area is 118 Å². The van der Waals surface area contributed by atoms with Crippen molar-refractivity contribution in [2.24, 2.45) is 0 Å². The number of rotatable bonds is 8. The summed E-state index contributed by atoms with van der Waals surface area (Å²) in [6, 6.07) is 3.36. The Balaban J connectivity index is 2.49. The minimum atomic E-state index is -3.57. The van der Waals surface area contributed by atoms with Crippen molar-refractivity contribution in [2.75, 3.05) is 13.1 Å². The molecule has 1 aromatic rings. The highest BCUT2D eigenvalue weighted by Crippen LogP contribution is 2.21. The highest BCUT2D eigenvalue weighted by Gasteiger charge is 2.17. The number of amides is 1. The first-order valence-electron chi connectivity index (χ1n) is 6.34. The molecular formula is C12H20N2O3S2. The first-order valence-corrected chi connectivity index (χ1v) is 8.64. The molecule has 0 aliphatic rings. The van der Waals surface area contributed by atoms with Crippen LogP contribution in [0.4, 0.5) is 0 Å². The van der Waals surface area contributed by atoms with E-state index < -0.39 is 10.0 Å². The van der Waals surface area contributed by atoms with Gasteiger partial charge in [-0.1, -0.05) is 20.3 Å². The number of nitrogens with one attached hydrogen (secondary N) is 2. The number of carbonyl (C=O) groups is 1. The van der Waals surface area contributed by atoms with E-state index in [1.165, 1.54) is 11.3 Å². The lowest BCUT2D eigenvalue weighted by Gasteiger charge is -2.06. The lowest BCUT2D eigenvalue weighted by atomic mass is 10.3. The summed E-state index contributed by atoms with van der Waals surface area (Å²) in [6.07, 6.45) is 2.68. The zero-order valence-electron chi connectivity index (χ0n) is 11.2. The van der Waals surface area contributed by atoms with Crippen LogP contribution in [0.15, 0.2) is 16.3 Å². The fraction of sp³-hybridized carbons (Fsp3) is 0.583. The molecule has 0 bridgehead atoms. The molecule has 7 heteroatoms. The summed E-state index contributed by atoms with van der Waals surface area (Å²) in [4.78, 5) is 12.4. The van der Waals surface area contributed by atoms with Crippen LogP contribution in [0.1, 0.15) is 31.6 Å². The summed E-state index contributed by atoms with van der Waals surface area (Å²) >= 11 is 1.23. The highest BCUT2D eigenvalue weighted by molar-refractivity contribution is 7.91. The van der Waals surface area contributed by atoms with Gasteiger partial charge in [-0.25, -0.2) is 13.1 Å². The van der Waals surface area contributed by atoms with Gasteiger partial charge in [0.25, 0.3) is 10.0 Å². The van der Waals surface area contributed by atoms with Crippen LogP contribution in [0, 0.1) is 0 Å². The third-order valence-corrected chi connectivity index (χ3v) is 5.65. The molecule has 1 aromatic heterocycles. The Bertz CT molecular complexity index is 509. The summed E-state index contributed by atoms with van der Waals surface area (Å²) < 4.78 is 26.4. The van der Waals surface area contributed by atoms with Crippen LogP contribution in [0.2, 0.25) is 0 Å². The Kier molecular flexibility index (Phi) is 6.47. The second-order valence-corrected chi connectivity index (χ2v) is 7.26. The highest BCUT2D eigenvalue weighted by atomic mass is 32.2. The molecule has 0 aromatic carbocycles. The quantitative estimate of drug-likeness (QED) is 0.715. The fourth-order valence-electron chi connectivity index (χ4n) is 1.39. The minimum absolute atomic E-state index is 0.217. The summed E-state index contributed by atoms with van der Waals surface area (Å²) in [5.41, 5.74) is 0. The van der Waals surface area contributed by atoms with Gasteiger partial charge in [0.2, 0.25) is 5.91 Å². The van der Waals surface area contributed by atoms with Gasteiger partial charge in [0.05, 0.1) is 6.54 Å². The van der Waals surface area contributed by atoms with Crippen molar-refractivity contribution in [1.82, 2.24) is 10.0 Å². The number of unbranched alkanes of at least 4 members (excludes halogenated alkanes) is 1. The van der Waals surface area contributed by atoms with E-state index in [1.807, 2.05) is 13.8 Å². The molecule has 1 rings (SSSR count). The van der Waals surface area contributed by atoms with Crippen LogP contribution in [0.25, 0.3) is 0 Å². The normalized spacial score (nSPS) is 11.5.